The van der Waals surface area contributed by atoms with E-state index in [-0.39, 0.29) is 11.1 Å². The molecule has 0 radical (unpaired) electrons. The van der Waals surface area contributed by atoms with Gasteiger partial charge in [0.1, 0.15) is 0 Å². The Bertz CT molecular complexity index is 978. The van der Waals surface area contributed by atoms with Crippen molar-refractivity contribution in [2.45, 2.75) is 12.4 Å². The fourth-order valence-electron chi connectivity index (χ4n) is 2.19. The van der Waals surface area contributed by atoms with Crippen LogP contribution in [0.1, 0.15) is 22.3 Å². The molecule has 0 spiro atoms. The average molecular weight is 430 g/mol. The van der Waals surface area contributed by atoms with Gasteiger partial charge in [0.25, 0.3) is 0 Å². The summed E-state index contributed by atoms with van der Waals surface area (Å²) in [7, 11) is 0. The van der Waals surface area contributed by atoms with E-state index in [2.05, 4.69) is 0 Å². The number of allylic oxidation sites excluding steroid dienone is 3. The standard InChI is InChI=1S/C21H13F7O2/c22-19(17(29)11-5-13-1-7-15(8-2-13)20(23,24)25)18(30)12-6-14-3-9-16(10-4-14)21(26,27)28/h1-12,29H/b11-5+,12-6+,19-17+. The lowest BCUT2D eigenvalue weighted by Crippen LogP contribution is -2.04. The molecule has 2 rings (SSSR count). The molecule has 0 saturated heterocycles. The number of aliphatic hydroxyl groups excluding tert-OH is 1. The van der Waals surface area contributed by atoms with Crippen LogP contribution in [0, 0.1) is 0 Å². The molecule has 2 nitrogen and oxygen atoms in total. The van der Waals surface area contributed by atoms with Crippen LogP contribution >= 0.6 is 0 Å². The largest absolute Gasteiger partial charge is 0.505 e. The Labute approximate surface area is 166 Å². The second-order valence-electron chi connectivity index (χ2n) is 5.97. The molecular weight excluding hydrogens is 417 g/mol. The van der Waals surface area contributed by atoms with Gasteiger partial charge < -0.3 is 5.11 Å². The minimum atomic E-state index is -4.52. The Morgan fingerprint density at radius 3 is 1.43 bits per heavy atom. The zero-order valence-electron chi connectivity index (χ0n) is 14.9. The molecule has 0 heterocycles. The van der Waals surface area contributed by atoms with Crippen LogP contribution in [0.15, 0.2) is 72.3 Å². The maximum Gasteiger partial charge on any atom is 0.416 e. The van der Waals surface area contributed by atoms with Crippen molar-refractivity contribution in [3.63, 3.8) is 0 Å². The molecule has 30 heavy (non-hydrogen) atoms. The molecule has 0 saturated carbocycles. The third-order valence-electron chi connectivity index (χ3n) is 3.78. The number of aliphatic hydroxyl groups is 1. The van der Waals surface area contributed by atoms with Gasteiger partial charge in [-0.3, -0.25) is 4.79 Å². The monoisotopic (exact) mass is 430 g/mol. The molecule has 0 bridgehead atoms. The van der Waals surface area contributed by atoms with Crippen LogP contribution in [0.25, 0.3) is 12.2 Å². The van der Waals surface area contributed by atoms with Crippen LogP contribution in [-0.4, -0.2) is 10.9 Å². The van der Waals surface area contributed by atoms with Crippen molar-refractivity contribution in [1.29, 1.82) is 0 Å². The summed E-state index contributed by atoms with van der Waals surface area (Å²) in [5.74, 6) is -3.84. The number of benzene rings is 2. The maximum atomic E-state index is 13.9. The Morgan fingerprint density at radius 2 is 1.07 bits per heavy atom. The van der Waals surface area contributed by atoms with Crippen molar-refractivity contribution in [3.8, 4) is 0 Å². The number of halogens is 7. The van der Waals surface area contributed by atoms with Gasteiger partial charge in [-0.25, -0.2) is 0 Å². The van der Waals surface area contributed by atoms with E-state index in [0.717, 1.165) is 72.8 Å². The lowest BCUT2D eigenvalue weighted by molar-refractivity contribution is -0.138. The molecule has 0 aliphatic carbocycles. The average Bonchev–Trinajstić information content (AvgIpc) is 2.69. The zero-order valence-corrected chi connectivity index (χ0v) is 14.9. The van der Waals surface area contributed by atoms with E-state index in [9.17, 15) is 40.6 Å². The van der Waals surface area contributed by atoms with Crippen LogP contribution in [0.3, 0.4) is 0 Å². The van der Waals surface area contributed by atoms with E-state index >= 15 is 0 Å². The molecule has 9 heteroatoms. The summed E-state index contributed by atoms with van der Waals surface area (Å²) in [6.45, 7) is 0. The van der Waals surface area contributed by atoms with Gasteiger partial charge in [-0.2, -0.15) is 30.7 Å². The summed E-state index contributed by atoms with van der Waals surface area (Å²) in [4.78, 5) is 11.7. The molecule has 2 aromatic rings. The molecule has 2 aromatic carbocycles. The predicted molar refractivity (Wildman–Crippen MR) is 96.7 cm³/mol. The SMILES string of the molecule is O=C(/C=C/c1ccc(C(F)(F)F)cc1)/C(F)=C(O)/C=C/c1ccc(C(F)(F)F)cc1. The van der Waals surface area contributed by atoms with Gasteiger partial charge in [-0.05, 0) is 47.5 Å². The molecule has 158 valence electrons. The summed E-state index contributed by atoms with van der Waals surface area (Å²) >= 11 is 0. The Kier molecular flexibility index (Phi) is 6.86. The Hall–Kier alpha value is -3.36. The second kappa shape index (κ2) is 8.98. The predicted octanol–water partition coefficient (Wildman–Crippen LogP) is 6.76. The van der Waals surface area contributed by atoms with E-state index < -0.39 is 40.8 Å². The molecule has 1 N–H and O–H groups in total. The van der Waals surface area contributed by atoms with E-state index in [1.807, 2.05) is 0 Å². The van der Waals surface area contributed by atoms with Gasteiger partial charge in [-0.1, -0.05) is 36.4 Å². The second-order valence-corrected chi connectivity index (χ2v) is 5.97. The smallest absolute Gasteiger partial charge is 0.416 e. The number of alkyl halides is 6. The Morgan fingerprint density at radius 1 is 0.700 bits per heavy atom. The van der Waals surface area contributed by atoms with Gasteiger partial charge >= 0.3 is 12.4 Å². The van der Waals surface area contributed by atoms with Crippen molar-refractivity contribution < 1.29 is 40.6 Å². The first-order chi connectivity index (χ1) is 13.9. The van der Waals surface area contributed by atoms with E-state index in [0.29, 0.717) is 0 Å². The van der Waals surface area contributed by atoms with Crippen molar-refractivity contribution >= 4 is 17.9 Å². The van der Waals surface area contributed by atoms with Crippen molar-refractivity contribution in [2.24, 2.45) is 0 Å². The molecule has 0 aliphatic rings. The molecule has 0 aromatic heterocycles. The van der Waals surface area contributed by atoms with Gasteiger partial charge in [0.15, 0.2) is 5.76 Å². The van der Waals surface area contributed by atoms with E-state index in [4.69, 9.17) is 0 Å². The van der Waals surface area contributed by atoms with E-state index in [1.165, 1.54) is 0 Å². The topological polar surface area (TPSA) is 37.3 Å². The van der Waals surface area contributed by atoms with Gasteiger partial charge in [-0.15, -0.1) is 0 Å². The maximum absolute atomic E-state index is 13.9. The molecule has 0 atom stereocenters. The summed E-state index contributed by atoms with van der Waals surface area (Å²) in [6.07, 6.45) is -5.35. The van der Waals surface area contributed by atoms with Gasteiger partial charge in [0.2, 0.25) is 11.6 Å². The molecule has 0 aliphatic heterocycles. The third-order valence-corrected chi connectivity index (χ3v) is 3.78. The van der Waals surface area contributed by atoms with Crippen LogP contribution in [0.5, 0.6) is 0 Å². The Balaban J connectivity index is 2.08. The van der Waals surface area contributed by atoms with Crippen molar-refractivity contribution in [1.82, 2.24) is 0 Å². The summed E-state index contributed by atoms with van der Waals surface area (Å²) < 4.78 is 88.8. The fraction of sp³-hybridized carbons (Fsp3) is 0.0952. The molecule has 0 amide bonds. The highest BCUT2D eigenvalue weighted by molar-refractivity contribution is 6.05. The first-order valence-electron chi connectivity index (χ1n) is 8.21. The lowest BCUT2D eigenvalue weighted by Gasteiger charge is -2.06. The number of ketones is 1. The molecular formula is C21H13F7O2. The quantitative estimate of drug-likeness (QED) is 0.246. The van der Waals surface area contributed by atoms with Crippen LogP contribution in [0.4, 0.5) is 30.7 Å². The summed E-state index contributed by atoms with van der Waals surface area (Å²) in [5, 5.41) is 9.61. The molecule has 0 unspecified atom stereocenters. The zero-order chi connectivity index (χ0) is 22.5. The highest BCUT2D eigenvalue weighted by Gasteiger charge is 2.30. The number of carbonyl (C=O) groups is 1. The first-order valence-corrected chi connectivity index (χ1v) is 8.21. The highest BCUT2D eigenvalue weighted by atomic mass is 19.4. The van der Waals surface area contributed by atoms with Crippen molar-refractivity contribution in [2.75, 3.05) is 0 Å². The summed E-state index contributed by atoms with van der Waals surface area (Å²) in [5.41, 5.74) is -1.35. The number of carbonyl (C=O) groups excluding carboxylic acids is 1. The van der Waals surface area contributed by atoms with Gasteiger partial charge in [0.05, 0.1) is 11.1 Å². The normalized spacial score (nSPS) is 13.7. The lowest BCUT2D eigenvalue weighted by atomic mass is 10.1. The van der Waals surface area contributed by atoms with Crippen LogP contribution in [-0.2, 0) is 17.1 Å². The summed E-state index contributed by atoms with van der Waals surface area (Å²) in [6, 6.07) is 7.54. The fourth-order valence-corrected chi connectivity index (χ4v) is 2.19. The minimum Gasteiger partial charge on any atom is -0.505 e. The number of hydrogen-bond acceptors (Lipinski definition) is 2. The van der Waals surface area contributed by atoms with Crippen LogP contribution < -0.4 is 0 Å². The molecule has 0 fully saturated rings. The minimum absolute atomic E-state index is 0.198. The van der Waals surface area contributed by atoms with Crippen molar-refractivity contribution in [3.05, 3.63) is 94.5 Å². The van der Waals surface area contributed by atoms with Gasteiger partial charge in [0, 0.05) is 0 Å². The first kappa shape index (κ1) is 22.9. The number of hydrogen-bond donors (Lipinski definition) is 1. The number of rotatable bonds is 5. The highest BCUT2D eigenvalue weighted by Crippen LogP contribution is 2.30. The van der Waals surface area contributed by atoms with Crippen LogP contribution in [0.2, 0.25) is 0 Å². The van der Waals surface area contributed by atoms with E-state index in [1.54, 1.807) is 0 Å². The third kappa shape index (κ3) is 6.33.